The summed E-state index contributed by atoms with van der Waals surface area (Å²) in [5.74, 6) is -0.779. The molecule has 0 amide bonds. The number of aromatic nitrogens is 3. The van der Waals surface area contributed by atoms with Gasteiger partial charge in [0.05, 0.1) is 45.3 Å². The van der Waals surface area contributed by atoms with Gasteiger partial charge in [-0.3, -0.25) is 0 Å². The number of benzene rings is 23. The number of nitriles is 1. The van der Waals surface area contributed by atoms with E-state index in [2.05, 4.69) is 418 Å². The van der Waals surface area contributed by atoms with Crippen LogP contribution < -0.4 is 48.7 Å². The number of nitrogens with zero attached hydrogens (tertiary/aromatic N) is 4. The highest BCUT2D eigenvalue weighted by Crippen LogP contribution is 2.49. The Morgan fingerprint density at radius 2 is 0.469 bits per heavy atom. The summed E-state index contributed by atoms with van der Waals surface area (Å²) < 4.78 is 42.5. The molecule has 0 fully saturated rings. The Hall–Kier alpha value is -17.6. The molecule has 0 aliphatic rings. The van der Waals surface area contributed by atoms with Crippen molar-refractivity contribution in [3.8, 4) is 62.1 Å². The van der Waals surface area contributed by atoms with Crippen LogP contribution in [-0.4, -0.2) is 33.9 Å². The van der Waals surface area contributed by atoms with Gasteiger partial charge in [0.1, 0.15) is 17.5 Å². The van der Waals surface area contributed by atoms with Crippen molar-refractivity contribution in [1.29, 1.82) is 5.26 Å². The van der Waals surface area contributed by atoms with Crippen LogP contribution in [0.1, 0.15) is 38.9 Å². The van der Waals surface area contributed by atoms with Crippen molar-refractivity contribution < 1.29 is 18.6 Å². The summed E-state index contributed by atoms with van der Waals surface area (Å²) in [6.45, 7) is 13.5. The SMILES string of the molecule is Cc1cc(C)c(B(c2ccc(-c3ccc4c(c3)nc(-c3ccc(F)cc3)c3c5ccccc5c5ccccc5c43)cc2)c2c(C)cc(C)cc2C)c(C)c1.Fc1ccc(-c2nc3cc(P(c4ccccc4)c4ccccc4)ccc3c3c4ccccc4c4ccccc4c23)cc1.N#Cc1ccc(B(c2ccccc2)c2ccc(-c3ccc4c(c3)nc(-c3ccc(F)cc3)c3c5ccccc5c5ccccc5c43)cc2)cc1.O. The van der Waals surface area contributed by atoms with E-state index in [0.29, 0.717) is 5.56 Å². The fourth-order valence-corrected chi connectivity index (χ4v) is 25.4. The monoisotopic (exact) mass is 1910 g/mol. The normalized spacial score (nSPS) is 11.4. The van der Waals surface area contributed by atoms with Crippen molar-refractivity contribution in [2.45, 2.75) is 41.5 Å². The van der Waals surface area contributed by atoms with Crippen molar-refractivity contribution in [2.24, 2.45) is 0 Å². The first kappa shape index (κ1) is 93.1. The molecule has 0 aliphatic heterocycles. The van der Waals surface area contributed by atoms with E-state index in [4.69, 9.17) is 15.0 Å². The number of hydrogen-bond acceptors (Lipinski definition) is 4. The number of rotatable bonds is 14. The van der Waals surface area contributed by atoms with Gasteiger partial charge in [-0.1, -0.05) is 424 Å². The van der Waals surface area contributed by atoms with Crippen molar-refractivity contribution in [3.63, 3.8) is 0 Å². The molecule has 698 valence electrons. The van der Waals surface area contributed by atoms with Crippen LogP contribution in [0.3, 0.4) is 0 Å². The third-order valence-corrected chi connectivity index (χ3v) is 31.8. The van der Waals surface area contributed by atoms with Crippen molar-refractivity contribution in [3.05, 3.63) is 517 Å². The van der Waals surface area contributed by atoms with Gasteiger partial charge in [0.2, 0.25) is 13.4 Å². The maximum absolute atomic E-state index is 14.2. The summed E-state index contributed by atoms with van der Waals surface area (Å²) in [7, 11) is -0.783. The van der Waals surface area contributed by atoms with E-state index in [-0.39, 0.29) is 36.4 Å². The lowest BCUT2D eigenvalue weighted by molar-refractivity contribution is 0.627. The lowest BCUT2D eigenvalue weighted by Crippen LogP contribution is -2.55. The molecule has 26 aromatic rings. The maximum atomic E-state index is 14.2. The molecule has 0 radical (unpaired) electrons. The Morgan fingerprint density at radius 1 is 0.218 bits per heavy atom. The summed E-state index contributed by atoms with van der Waals surface area (Å²) in [6.07, 6.45) is 0. The Kier molecular flexibility index (Phi) is 24.9. The van der Waals surface area contributed by atoms with E-state index in [1.165, 1.54) is 172 Å². The zero-order chi connectivity index (χ0) is 98.9. The molecule has 0 saturated carbocycles. The number of hydrogen-bond donors (Lipinski definition) is 0. The van der Waals surface area contributed by atoms with Gasteiger partial charge in [-0.15, -0.1) is 0 Å². The molecule has 5 nitrogen and oxygen atoms in total. The predicted molar refractivity (Wildman–Crippen MR) is 620 cm³/mol. The van der Waals surface area contributed by atoms with Crippen LogP contribution in [0.25, 0.3) is 186 Å². The molecule has 26 rings (SSSR count). The van der Waals surface area contributed by atoms with Crippen LogP contribution in [0.4, 0.5) is 13.2 Å². The zero-order valence-electron chi connectivity index (χ0n) is 81.9. The lowest BCUT2D eigenvalue weighted by atomic mass is 9.34. The first-order chi connectivity index (χ1) is 71.6. The fraction of sp³-hybridized carbons (Fsp3) is 0.0441. The molecular weight excluding hydrogens is 1820 g/mol. The Balaban J connectivity index is 0.000000122. The third kappa shape index (κ3) is 17.2. The predicted octanol–water partition coefficient (Wildman–Crippen LogP) is 29.5. The van der Waals surface area contributed by atoms with Gasteiger partial charge >= 0.3 is 0 Å². The Labute approximate surface area is 853 Å². The molecule has 23 aromatic carbocycles. The van der Waals surface area contributed by atoms with Crippen LogP contribution in [0.15, 0.2) is 461 Å². The van der Waals surface area contributed by atoms with E-state index in [1.807, 2.05) is 54.6 Å². The quantitative estimate of drug-likeness (QED) is 0.0616. The second-order valence-electron chi connectivity index (χ2n) is 38.5. The van der Waals surface area contributed by atoms with Crippen LogP contribution in [0.5, 0.6) is 0 Å². The smallest absolute Gasteiger partial charge is 0.242 e. The minimum absolute atomic E-state index is 0. The number of aryl methyl sites for hydroxylation is 6. The van der Waals surface area contributed by atoms with Crippen molar-refractivity contribution in [1.82, 2.24) is 15.0 Å². The van der Waals surface area contributed by atoms with Gasteiger partial charge in [-0.25, -0.2) is 28.1 Å². The number of pyridine rings is 3. The van der Waals surface area contributed by atoms with Gasteiger partial charge in [0.25, 0.3) is 0 Å². The maximum Gasteiger partial charge on any atom is 0.242 e. The molecule has 0 spiro atoms. The summed E-state index contributed by atoms with van der Waals surface area (Å²) in [5.41, 5.74) is 28.5. The molecule has 0 saturated heterocycles. The van der Waals surface area contributed by atoms with Crippen LogP contribution in [-0.2, 0) is 0 Å². The van der Waals surface area contributed by atoms with Crippen LogP contribution in [0, 0.1) is 70.3 Å². The average Bonchev–Trinajstić information content (AvgIpc) is 0.719. The van der Waals surface area contributed by atoms with E-state index >= 15 is 0 Å². The van der Waals surface area contributed by atoms with Gasteiger partial charge in [-0.05, 0) is 255 Å². The van der Waals surface area contributed by atoms with Gasteiger partial charge in [-0.2, -0.15) is 5.26 Å². The molecule has 0 atom stereocenters. The van der Waals surface area contributed by atoms with Crippen LogP contribution in [0.2, 0.25) is 0 Å². The molecule has 2 N–H and O–H groups in total. The third-order valence-electron chi connectivity index (χ3n) is 29.3. The topological polar surface area (TPSA) is 94.0 Å². The Morgan fingerprint density at radius 3 is 0.789 bits per heavy atom. The first-order valence-corrected chi connectivity index (χ1v) is 51.0. The van der Waals surface area contributed by atoms with Gasteiger partial charge < -0.3 is 5.48 Å². The average molecular weight is 1910 g/mol. The summed E-state index contributed by atoms with van der Waals surface area (Å²) in [4.78, 5) is 16.1. The van der Waals surface area contributed by atoms with E-state index in [1.54, 1.807) is 0 Å². The first-order valence-electron chi connectivity index (χ1n) is 49.7. The van der Waals surface area contributed by atoms with Gasteiger partial charge in [0.15, 0.2) is 0 Å². The molecule has 3 aromatic heterocycles. The second-order valence-corrected chi connectivity index (χ2v) is 40.7. The largest absolute Gasteiger partial charge is 0.412 e. The van der Waals surface area contributed by atoms with Crippen LogP contribution >= 0.6 is 7.92 Å². The second kappa shape index (κ2) is 39.3. The van der Waals surface area contributed by atoms with E-state index < -0.39 is 7.92 Å². The molecule has 0 unspecified atom stereocenters. The number of fused-ring (bicyclic) bond motifs is 24. The standard InChI is InChI=1S/C51H41BFN.C46H28BFN2.C39H25FNP.H2O/c1-30-25-32(3)49(33(4)26-30)52(50-34(5)27-31(2)28-35(50)6)39-20-15-36(16-21-39)38-19-24-45-46(29-38)54-51(37-17-22-40(53)23-18-37)48-44-14-10-8-12-42(44)41-11-7-9-13-43(41)47(45)48;48-37-25-18-32(19-26-37)46-45-41-13-7-5-11-39(41)38-10-4-6-12-40(38)44(45)42-27-20-33(28-43(42)50-46)31-16-23-36(24-17-31)47(34-8-2-1-3-9-34)35-21-14-30(29-49)15-22-35;40-27-21-19-26(20-22-27)39-38-34-18-10-8-16-32(34)31-15-7-9-17-33(31)37(38)35-24-23-30(25-36(35)41-39)42(28-11-3-1-4-12-28)29-13-5-2-6-14-29;/h7-29H,1-6H3;1-28H;1-25H;1H2. The Bertz CT molecular complexity index is 9580. The highest BCUT2D eigenvalue weighted by Gasteiger charge is 2.31. The lowest BCUT2D eigenvalue weighted by Gasteiger charge is -2.24. The van der Waals surface area contributed by atoms with E-state index in [9.17, 15) is 18.4 Å². The highest BCUT2D eigenvalue weighted by molar-refractivity contribution is 7.79. The van der Waals surface area contributed by atoms with E-state index in [0.717, 1.165) is 132 Å². The minimum Gasteiger partial charge on any atom is -0.412 e. The molecule has 147 heavy (non-hydrogen) atoms. The molecule has 11 heteroatoms. The van der Waals surface area contributed by atoms with Gasteiger partial charge in [0, 0.05) is 65.2 Å². The molecule has 0 aliphatic carbocycles. The summed E-state index contributed by atoms with van der Waals surface area (Å²) >= 11 is 0. The number of halogens is 3. The van der Waals surface area contributed by atoms with Crippen molar-refractivity contribution in [2.75, 3.05) is 0 Å². The molecule has 3 heterocycles. The fourth-order valence-electron chi connectivity index (χ4n) is 23.1. The highest BCUT2D eigenvalue weighted by atomic mass is 31.1. The molecular formula is C136H96B2F3N4OP. The summed E-state index contributed by atoms with van der Waals surface area (Å²) in [5, 5.41) is 37.5. The minimum atomic E-state index is -0.783. The summed E-state index contributed by atoms with van der Waals surface area (Å²) in [6, 6.07) is 161. The zero-order valence-corrected chi connectivity index (χ0v) is 82.8. The van der Waals surface area contributed by atoms with Crippen molar-refractivity contribution >= 4 is 200 Å². The molecule has 0 bridgehead atoms.